The molecule has 4 N–H and O–H groups in total. The van der Waals surface area contributed by atoms with Gasteiger partial charge in [-0.3, -0.25) is 0 Å². The second-order valence-corrected chi connectivity index (χ2v) is 3.40. The summed E-state index contributed by atoms with van der Waals surface area (Å²) in [5.74, 6) is -0.376. The Kier molecular flexibility index (Phi) is 3.46. The summed E-state index contributed by atoms with van der Waals surface area (Å²) < 4.78 is 0. The van der Waals surface area contributed by atoms with Crippen LogP contribution in [0.2, 0.25) is 0 Å². The first-order chi connectivity index (χ1) is 5.66. The zero-order valence-electron chi connectivity index (χ0n) is 6.93. The minimum Gasteiger partial charge on any atom is -0.394 e. The predicted molar refractivity (Wildman–Crippen MR) is 42.4 cm³/mol. The molecule has 0 aliphatic heterocycles. The Labute approximate surface area is 71.5 Å². The molecule has 4 unspecified atom stereocenters. The quantitative estimate of drug-likeness (QED) is 0.429. The van der Waals surface area contributed by atoms with Crippen LogP contribution in [-0.4, -0.2) is 45.3 Å². The van der Waals surface area contributed by atoms with Gasteiger partial charge in [0.1, 0.15) is 0 Å². The van der Waals surface area contributed by atoms with E-state index >= 15 is 0 Å². The van der Waals surface area contributed by atoms with Crippen LogP contribution in [-0.2, 0) is 0 Å². The number of aliphatic hydroxyl groups is 4. The van der Waals surface area contributed by atoms with Crippen molar-refractivity contribution in [3.05, 3.63) is 0 Å². The topological polar surface area (TPSA) is 80.9 Å². The van der Waals surface area contributed by atoms with Gasteiger partial charge < -0.3 is 20.4 Å². The first-order valence-corrected chi connectivity index (χ1v) is 4.32. The van der Waals surface area contributed by atoms with Gasteiger partial charge in [0.25, 0.3) is 0 Å². The van der Waals surface area contributed by atoms with E-state index in [1.807, 2.05) is 0 Å². The fraction of sp³-hybridized carbons (Fsp3) is 1.00. The van der Waals surface area contributed by atoms with Crippen molar-refractivity contribution in [2.45, 2.75) is 37.6 Å². The summed E-state index contributed by atoms with van der Waals surface area (Å²) in [4.78, 5) is 0. The maximum atomic E-state index is 9.42. The van der Waals surface area contributed by atoms with Crippen LogP contribution in [0.1, 0.15) is 19.3 Å². The van der Waals surface area contributed by atoms with E-state index < -0.39 is 18.3 Å². The summed E-state index contributed by atoms with van der Waals surface area (Å²) in [5.41, 5.74) is 0. The highest BCUT2D eigenvalue weighted by Gasteiger charge is 2.34. The lowest BCUT2D eigenvalue weighted by atomic mass is 9.81. The Morgan fingerprint density at radius 2 is 1.92 bits per heavy atom. The van der Waals surface area contributed by atoms with Crippen molar-refractivity contribution in [3.63, 3.8) is 0 Å². The van der Waals surface area contributed by atoms with Crippen molar-refractivity contribution in [1.82, 2.24) is 0 Å². The van der Waals surface area contributed by atoms with E-state index in [9.17, 15) is 15.3 Å². The van der Waals surface area contributed by atoms with Gasteiger partial charge in [-0.2, -0.15) is 0 Å². The average Bonchev–Trinajstić information content (AvgIpc) is 2.08. The molecule has 1 fully saturated rings. The number of aliphatic hydroxyl groups excluding tert-OH is 4. The minimum absolute atomic E-state index is 0.353. The molecule has 0 bridgehead atoms. The first kappa shape index (κ1) is 9.92. The van der Waals surface area contributed by atoms with E-state index in [0.717, 1.165) is 6.42 Å². The Morgan fingerprint density at radius 1 is 1.25 bits per heavy atom. The van der Waals surface area contributed by atoms with Crippen LogP contribution in [0.5, 0.6) is 0 Å². The third-order valence-electron chi connectivity index (χ3n) is 2.55. The largest absolute Gasteiger partial charge is 0.394 e. The molecule has 12 heavy (non-hydrogen) atoms. The third-order valence-corrected chi connectivity index (χ3v) is 2.55. The molecule has 0 spiro atoms. The zero-order chi connectivity index (χ0) is 9.14. The summed E-state index contributed by atoms with van der Waals surface area (Å²) in [7, 11) is 0. The van der Waals surface area contributed by atoms with Gasteiger partial charge in [-0.1, -0.05) is 6.42 Å². The lowest BCUT2D eigenvalue weighted by molar-refractivity contribution is -0.0926. The molecule has 0 radical (unpaired) electrons. The van der Waals surface area contributed by atoms with Crippen LogP contribution in [0.4, 0.5) is 0 Å². The van der Waals surface area contributed by atoms with E-state index in [4.69, 9.17) is 5.11 Å². The Balaban J connectivity index is 2.51. The summed E-state index contributed by atoms with van der Waals surface area (Å²) >= 11 is 0. The zero-order valence-corrected chi connectivity index (χ0v) is 6.93. The van der Waals surface area contributed by atoms with Gasteiger partial charge in [0.05, 0.1) is 24.9 Å². The van der Waals surface area contributed by atoms with E-state index in [0.29, 0.717) is 12.8 Å². The second kappa shape index (κ2) is 4.18. The third kappa shape index (κ3) is 1.95. The van der Waals surface area contributed by atoms with Gasteiger partial charge in [-0.25, -0.2) is 0 Å². The van der Waals surface area contributed by atoms with Crippen molar-refractivity contribution in [1.29, 1.82) is 0 Å². The van der Waals surface area contributed by atoms with Crippen molar-refractivity contribution in [2.24, 2.45) is 5.92 Å². The van der Waals surface area contributed by atoms with Crippen LogP contribution in [0.25, 0.3) is 0 Å². The molecule has 0 amide bonds. The van der Waals surface area contributed by atoms with Crippen molar-refractivity contribution < 1.29 is 20.4 Å². The van der Waals surface area contributed by atoms with E-state index in [1.54, 1.807) is 0 Å². The van der Waals surface area contributed by atoms with Gasteiger partial charge in [-0.05, 0) is 12.8 Å². The van der Waals surface area contributed by atoms with Gasteiger partial charge in [0, 0.05) is 5.92 Å². The fourth-order valence-electron chi connectivity index (χ4n) is 1.74. The summed E-state index contributed by atoms with van der Waals surface area (Å²) in [6, 6.07) is 0. The van der Waals surface area contributed by atoms with E-state index in [2.05, 4.69) is 0 Å². The van der Waals surface area contributed by atoms with Gasteiger partial charge >= 0.3 is 0 Å². The number of hydrogen-bond donors (Lipinski definition) is 4. The minimum atomic E-state index is -0.907. The molecule has 4 heteroatoms. The monoisotopic (exact) mass is 176 g/mol. The molecule has 0 aromatic carbocycles. The van der Waals surface area contributed by atoms with Crippen LogP contribution >= 0.6 is 0 Å². The molecule has 1 aliphatic carbocycles. The van der Waals surface area contributed by atoms with E-state index in [-0.39, 0.29) is 12.5 Å². The van der Waals surface area contributed by atoms with Gasteiger partial charge in [-0.15, -0.1) is 0 Å². The summed E-state index contributed by atoms with van der Waals surface area (Å²) in [5, 5.41) is 36.6. The Hall–Kier alpha value is -0.160. The molecular formula is C8H16O4. The molecular weight excluding hydrogens is 160 g/mol. The Bertz CT molecular complexity index is 139. The second-order valence-electron chi connectivity index (χ2n) is 3.40. The summed E-state index contributed by atoms with van der Waals surface area (Å²) in [6.07, 6.45) is -0.504. The smallest absolute Gasteiger partial charge is 0.0852 e. The normalized spacial score (nSPS) is 39.5. The van der Waals surface area contributed by atoms with Crippen molar-refractivity contribution >= 4 is 0 Å². The van der Waals surface area contributed by atoms with Crippen LogP contribution in [0.15, 0.2) is 0 Å². The van der Waals surface area contributed by atoms with Crippen LogP contribution in [0, 0.1) is 5.92 Å². The lowest BCUT2D eigenvalue weighted by Crippen LogP contribution is -2.44. The SMILES string of the molecule is OCC(O)C1CCCC(O)C1O. The number of hydrogen-bond acceptors (Lipinski definition) is 4. The molecule has 4 atom stereocenters. The highest BCUT2D eigenvalue weighted by molar-refractivity contribution is 4.85. The highest BCUT2D eigenvalue weighted by atomic mass is 16.3. The molecule has 0 aromatic heterocycles. The molecule has 4 nitrogen and oxygen atoms in total. The fourth-order valence-corrected chi connectivity index (χ4v) is 1.74. The molecule has 1 aliphatic rings. The van der Waals surface area contributed by atoms with E-state index in [1.165, 1.54) is 0 Å². The Morgan fingerprint density at radius 3 is 2.50 bits per heavy atom. The van der Waals surface area contributed by atoms with Gasteiger partial charge in [0.2, 0.25) is 0 Å². The maximum Gasteiger partial charge on any atom is 0.0852 e. The van der Waals surface area contributed by atoms with Gasteiger partial charge in [0.15, 0.2) is 0 Å². The summed E-state index contributed by atoms with van der Waals surface area (Å²) in [6.45, 7) is -0.353. The molecule has 72 valence electrons. The molecule has 0 aromatic rings. The molecule has 0 heterocycles. The van der Waals surface area contributed by atoms with Crippen LogP contribution in [0.3, 0.4) is 0 Å². The lowest BCUT2D eigenvalue weighted by Gasteiger charge is -2.34. The predicted octanol–water partition coefficient (Wildman–Crippen LogP) is -1.14. The highest BCUT2D eigenvalue weighted by Crippen LogP contribution is 2.27. The first-order valence-electron chi connectivity index (χ1n) is 4.32. The van der Waals surface area contributed by atoms with Crippen LogP contribution < -0.4 is 0 Å². The maximum absolute atomic E-state index is 9.42. The molecule has 0 saturated heterocycles. The average molecular weight is 176 g/mol. The standard InChI is InChI=1S/C8H16O4/c9-4-7(11)5-2-1-3-6(10)8(5)12/h5-12H,1-4H2. The molecule has 1 rings (SSSR count). The molecule has 1 saturated carbocycles. The van der Waals surface area contributed by atoms with Crippen molar-refractivity contribution in [3.8, 4) is 0 Å². The number of rotatable bonds is 2. The van der Waals surface area contributed by atoms with Crippen molar-refractivity contribution in [2.75, 3.05) is 6.61 Å².